The minimum Gasteiger partial charge on any atom is -0.457 e. The van der Waals surface area contributed by atoms with Gasteiger partial charge in [-0.15, -0.1) is 0 Å². The molecule has 2 nitrogen and oxygen atoms in total. The highest BCUT2D eigenvalue weighted by Gasteiger charge is 2.05. The molecule has 2 aromatic rings. The molecule has 0 atom stereocenters. The van der Waals surface area contributed by atoms with E-state index in [4.69, 9.17) is 4.74 Å². The fourth-order valence-electron chi connectivity index (χ4n) is 1.77. The van der Waals surface area contributed by atoms with Crippen molar-refractivity contribution in [2.75, 3.05) is 0 Å². The second kappa shape index (κ2) is 6.02. The molecular weight excluding hydrogens is 304 g/mol. The van der Waals surface area contributed by atoms with Crippen molar-refractivity contribution in [3.05, 3.63) is 58.1 Å². The summed E-state index contributed by atoms with van der Waals surface area (Å²) in [6.07, 6.45) is 0.520. The van der Waals surface area contributed by atoms with Crippen LogP contribution in [0.5, 0.6) is 11.5 Å². The monoisotopic (exact) mass is 318 g/mol. The summed E-state index contributed by atoms with van der Waals surface area (Å²) in [4.78, 5) is 11.5. The Labute approximate surface area is 121 Å². The molecule has 0 heterocycles. The van der Waals surface area contributed by atoms with Crippen LogP contribution >= 0.6 is 15.9 Å². The molecule has 2 rings (SSSR count). The van der Waals surface area contributed by atoms with Crippen LogP contribution in [0.4, 0.5) is 0 Å². The lowest BCUT2D eigenvalue weighted by molar-refractivity contribution is 0.0988. The average Bonchev–Trinajstić information content (AvgIpc) is 2.42. The number of carbonyl (C=O) groups excluding carboxylic acids is 1. The van der Waals surface area contributed by atoms with E-state index in [1.54, 1.807) is 12.1 Å². The van der Waals surface area contributed by atoms with Gasteiger partial charge in [0, 0.05) is 16.5 Å². The van der Waals surface area contributed by atoms with Gasteiger partial charge in [-0.1, -0.05) is 22.9 Å². The molecule has 0 aliphatic heterocycles. The Hall–Kier alpha value is -1.61. The second-order valence-corrected chi connectivity index (χ2v) is 5.23. The van der Waals surface area contributed by atoms with Gasteiger partial charge in [-0.2, -0.15) is 0 Å². The fraction of sp³-hybridized carbons (Fsp3) is 0.188. The van der Waals surface area contributed by atoms with Crippen molar-refractivity contribution in [1.29, 1.82) is 0 Å². The summed E-state index contributed by atoms with van der Waals surface area (Å²) in [5, 5.41) is 0. The lowest BCUT2D eigenvalue weighted by Gasteiger charge is -2.09. The zero-order valence-electron chi connectivity index (χ0n) is 10.9. The predicted octanol–water partition coefficient (Wildman–Crippen LogP) is 5.14. The maximum Gasteiger partial charge on any atom is 0.162 e. The van der Waals surface area contributed by atoms with Gasteiger partial charge in [-0.05, 0) is 55.0 Å². The minimum absolute atomic E-state index is 0.145. The van der Waals surface area contributed by atoms with E-state index in [1.807, 2.05) is 44.2 Å². The van der Waals surface area contributed by atoms with Gasteiger partial charge in [-0.3, -0.25) is 4.79 Å². The van der Waals surface area contributed by atoms with Gasteiger partial charge in [0.05, 0.1) is 0 Å². The van der Waals surface area contributed by atoms with E-state index in [2.05, 4.69) is 15.9 Å². The topological polar surface area (TPSA) is 26.3 Å². The minimum atomic E-state index is 0.145. The maximum atomic E-state index is 11.5. The van der Waals surface area contributed by atoms with Gasteiger partial charge in [0.2, 0.25) is 0 Å². The lowest BCUT2D eigenvalue weighted by atomic mass is 10.1. The van der Waals surface area contributed by atoms with Crippen LogP contribution in [0.15, 0.2) is 46.9 Å². The first-order valence-corrected chi connectivity index (χ1v) is 6.96. The zero-order chi connectivity index (χ0) is 13.8. The molecule has 0 spiro atoms. The van der Waals surface area contributed by atoms with Crippen molar-refractivity contribution in [3.63, 3.8) is 0 Å². The molecule has 0 unspecified atom stereocenters. The molecule has 19 heavy (non-hydrogen) atoms. The molecule has 0 fully saturated rings. The molecule has 0 aliphatic carbocycles. The third-order valence-corrected chi connectivity index (χ3v) is 3.36. The number of hydrogen-bond donors (Lipinski definition) is 0. The van der Waals surface area contributed by atoms with E-state index in [0.717, 1.165) is 27.1 Å². The highest BCUT2D eigenvalue weighted by Crippen LogP contribution is 2.27. The highest BCUT2D eigenvalue weighted by atomic mass is 79.9. The van der Waals surface area contributed by atoms with Crippen LogP contribution in [0, 0.1) is 6.92 Å². The van der Waals surface area contributed by atoms with Crippen molar-refractivity contribution in [1.82, 2.24) is 0 Å². The van der Waals surface area contributed by atoms with Crippen molar-refractivity contribution >= 4 is 21.7 Å². The van der Waals surface area contributed by atoms with E-state index in [0.29, 0.717) is 6.42 Å². The Morgan fingerprint density at radius 2 is 1.84 bits per heavy atom. The highest BCUT2D eigenvalue weighted by molar-refractivity contribution is 9.10. The third kappa shape index (κ3) is 3.44. The number of ketones is 1. The second-order valence-electron chi connectivity index (χ2n) is 4.31. The summed E-state index contributed by atoms with van der Waals surface area (Å²) >= 11 is 3.42. The number of carbonyl (C=O) groups is 1. The third-order valence-electron chi connectivity index (χ3n) is 2.86. The van der Waals surface area contributed by atoms with Crippen LogP contribution in [-0.2, 0) is 0 Å². The van der Waals surface area contributed by atoms with Crippen LogP contribution < -0.4 is 4.74 Å². The van der Waals surface area contributed by atoms with E-state index >= 15 is 0 Å². The number of ether oxygens (including phenoxy) is 1. The molecule has 0 saturated heterocycles. The Morgan fingerprint density at radius 3 is 2.42 bits per heavy atom. The Bertz CT molecular complexity index is 588. The normalized spacial score (nSPS) is 10.3. The largest absolute Gasteiger partial charge is 0.457 e. The smallest absolute Gasteiger partial charge is 0.162 e. The molecule has 0 saturated carbocycles. The Balaban J connectivity index is 2.17. The Morgan fingerprint density at radius 1 is 1.16 bits per heavy atom. The van der Waals surface area contributed by atoms with Crippen molar-refractivity contribution < 1.29 is 9.53 Å². The maximum absolute atomic E-state index is 11.5. The summed E-state index contributed by atoms with van der Waals surface area (Å²) in [5.41, 5.74) is 1.78. The SMILES string of the molecule is CCC(=O)c1ccc(Oc2ccc(Br)cc2C)cc1. The van der Waals surface area contributed by atoms with Gasteiger partial charge < -0.3 is 4.74 Å². The van der Waals surface area contributed by atoms with Gasteiger partial charge in [0.1, 0.15) is 11.5 Å². The summed E-state index contributed by atoms with van der Waals surface area (Å²) in [6.45, 7) is 3.85. The van der Waals surface area contributed by atoms with Gasteiger partial charge in [0.25, 0.3) is 0 Å². The lowest BCUT2D eigenvalue weighted by Crippen LogP contribution is -1.96. The molecular formula is C16H15BrO2. The first kappa shape index (κ1) is 13.8. The first-order valence-electron chi connectivity index (χ1n) is 6.17. The molecule has 0 aromatic heterocycles. The predicted molar refractivity (Wildman–Crippen MR) is 80.0 cm³/mol. The fourth-order valence-corrected chi connectivity index (χ4v) is 2.24. The average molecular weight is 319 g/mol. The standard InChI is InChI=1S/C16H15BrO2/c1-3-15(18)12-4-7-14(8-5-12)19-16-9-6-13(17)10-11(16)2/h4-10H,3H2,1-2H3. The number of aryl methyl sites for hydroxylation is 1. The summed E-state index contributed by atoms with van der Waals surface area (Å²) in [5.74, 6) is 1.70. The molecule has 0 radical (unpaired) electrons. The zero-order valence-corrected chi connectivity index (χ0v) is 12.5. The number of rotatable bonds is 4. The molecule has 98 valence electrons. The van der Waals surface area contributed by atoms with Crippen molar-refractivity contribution in [3.8, 4) is 11.5 Å². The van der Waals surface area contributed by atoms with E-state index in [1.165, 1.54) is 0 Å². The number of benzene rings is 2. The van der Waals surface area contributed by atoms with Crippen LogP contribution in [0.2, 0.25) is 0 Å². The molecule has 2 aromatic carbocycles. The van der Waals surface area contributed by atoms with Crippen LogP contribution in [-0.4, -0.2) is 5.78 Å². The van der Waals surface area contributed by atoms with E-state index in [-0.39, 0.29) is 5.78 Å². The quantitative estimate of drug-likeness (QED) is 0.729. The summed E-state index contributed by atoms with van der Waals surface area (Å²) < 4.78 is 6.83. The van der Waals surface area contributed by atoms with Crippen LogP contribution in [0.1, 0.15) is 29.3 Å². The van der Waals surface area contributed by atoms with E-state index < -0.39 is 0 Å². The van der Waals surface area contributed by atoms with Gasteiger partial charge in [-0.25, -0.2) is 0 Å². The van der Waals surface area contributed by atoms with Crippen molar-refractivity contribution in [2.24, 2.45) is 0 Å². The van der Waals surface area contributed by atoms with Gasteiger partial charge >= 0.3 is 0 Å². The first-order chi connectivity index (χ1) is 9.10. The molecule has 0 bridgehead atoms. The van der Waals surface area contributed by atoms with Crippen LogP contribution in [0.25, 0.3) is 0 Å². The Kier molecular flexibility index (Phi) is 4.38. The van der Waals surface area contributed by atoms with E-state index in [9.17, 15) is 4.79 Å². The molecule has 0 N–H and O–H groups in total. The summed E-state index contributed by atoms with van der Waals surface area (Å²) in [7, 11) is 0. The molecule has 0 amide bonds. The number of halogens is 1. The molecule has 0 aliphatic rings. The number of hydrogen-bond acceptors (Lipinski definition) is 2. The summed E-state index contributed by atoms with van der Waals surface area (Å²) in [6, 6.07) is 13.1. The van der Waals surface area contributed by atoms with Gasteiger partial charge in [0.15, 0.2) is 5.78 Å². The molecule has 3 heteroatoms. The number of Topliss-reactive ketones (excluding diaryl/α,β-unsaturated/α-hetero) is 1. The van der Waals surface area contributed by atoms with Crippen molar-refractivity contribution in [2.45, 2.75) is 20.3 Å². The van der Waals surface area contributed by atoms with Crippen LogP contribution in [0.3, 0.4) is 0 Å².